The van der Waals surface area contributed by atoms with Gasteiger partial charge in [-0.25, -0.2) is 0 Å². The molecule has 0 aliphatic carbocycles. The largest absolute Gasteiger partial charge is 0.0795 e. The fourth-order valence-electron chi connectivity index (χ4n) is 2.47. The molecule has 0 amide bonds. The van der Waals surface area contributed by atoms with Crippen LogP contribution in [0.15, 0.2) is 54.6 Å². The molecule has 0 aliphatic rings. The van der Waals surface area contributed by atoms with Crippen molar-refractivity contribution in [1.29, 1.82) is 0 Å². The third-order valence-electron chi connectivity index (χ3n) is 3.62. The maximum Gasteiger partial charge on any atom is 0.0449 e. The van der Waals surface area contributed by atoms with E-state index in [4.69, 9.17) is 12.2 Å². The van der Waals surface area contributed by atoms with Gasteiger partial charge in [-0.1, -0.05) is 87.1 Å². The van der Waals surface area contributed by atoms with Crippen LogP contribution in [-0.2, 0) is 12.8 Å². The Morgan fingerprint density at radius 1 is 1.00 bits per heavy atom. The topological polar surface area (TPSA) is 0 Å². The monoisotopic (exact) mass is 294 g/mol. The highest BCUT2D eigenvalue weighted by Gasteiger charge is 2.01. The number of hydrogen-bond acceptors (Lipinski definition) is 1. The van der Waals surface area contributed by atoms with E-state index in [9.17, 15) is 0 Å². The molecular weight excluding hydrogens is 272 g/mol. The molecule has 0 unspecified atom stereocenters. The standard InChI is InChI=1S/C20H22S/c1-3-8-19-15-16(11-13-17(19)4-2)12-14-20(21)18-9-6-5-7-10-18/h5-7,9-15H,3-4,8H2,1-2H3. The molecule has 2 aromatic rings. The maximum atomic E-state index is 5.47. The molecule has 0 heterocycles. The average molecular weight is 294 g/mol. The second-order valence-electron chi connectivity index (χ2n) is 5.20. The van der Waals surface area contributed by atoms with Crippen molar-refractivity contribution in [1.82, 2.24) is 0 Å². The van der Waals surface area contributed by atoms with E-state index in [1.165, 1.54) is 23.1 Å². The first-order valence-electron chi connectivity index (χ1n) is 7.63. The molecule has 0 saturated carbocycles. The summed E-state index contributed by atoms with van der Waals surface area (Å²) in [4.78, 5) is 0.882. The number of allylic oxidation sites excluding steroid dienone is 1. The van der Waals surface area contributed by atoms with Crippen molar-refractivity contribution in [3.63, 3.8) is 0 Å². The van der Waals surface area contributed by atoms with Crippen LogP contribution in [0, 0.1) is 0 Å². The molecule has 2 aromatic carbocycles. The van der Waals surface area contributed by atoms with Gasteiger partial charge >= 0.3 is 0 Å². The van der Waals surface area contributed by atoms with Gasteiger partial charge < -0.3 is 0 Å². The molecule has 0 atom stereocenters. The lowest BCUT2D eigenvalue weighted by Gasteiger charge is -2.08. The SMILES string of the molecule is CCCc1cc(C=CC(=S)c2ccccc2)ccc1CC. The van der Waals surface area contributed by atoms with Gasteiger partial charge in [0.05, 0.1) is 0 Å². The quantitative estimate of drug-likeness (QED) is 0.378. The summed E-state index contributed by atoms with van der Waals surface area (Å²) in [6.07, 6.45) is 7.58. The molecule has 0 saturated heterocycles. The molecule has 0 aliphatic heterocycles. The van der Waals surface area contributed by atoms with Crippen LogP contribution in [0.25, 0.3) is 6.08 Å². The Morgan fingerprint density at radius 2 is 1.76 bits per heavy atom. The summed E-state index contributed by atoms with van der Waals surface area (Å²) >= 11 is 5.47. The van der Waals surface area contributed by atoms with Crippen molar-refractivity contribution in [2.45, 2.75) is 33.1 Å². The Hall–Kier alpha value is -1.73. The van der Waals surface area contributed by atoms with Crippen LogP contribution in [0.4, 0.5) is 0 Å². The van der Waals surface area contributed by atoms with E-state index < -0.39 is 0 Å². The fraction of sp³-hybridized carbons (Fsp3) is 0.250. The van der Waals surface area contributed by atoms with Gasteiger partial charge in [0.15, 0.2) is 0 Å². The van der Waals surface area contributed by atoms with E-state index in [0.717, 1.165) is 23.3 Å². The molecule has 0 aromatic heterocycles. The van der Waals surface area contributed by atoms with Crippen molar-refractivity contribution >= 4 is 23.2 Å². The zero-order chi connectivity index (χ0) is 15.1. The molecular formula is C20H22S. The normalized spacial score (nSPS) is 11.0. The summed E-state index contributed by atoms with van der Waals surface area (Å²) in [6.45, 7) is 4.45. The number of rotatable bonds is 6. The molecule has 0 bridgehead atoms. The molecule has 0 radical (unpaired) electrons. The van der Waals surface area contributed by atoms with Crippen LogP contribution in [0.5, 0.6) is 0 Å². The molecule has 2 rings (SSSR count). The number of aryl methyl sites for hydroxylation is 2. The van der Waals surface area contributed by atoms with Gasteiger partial charge in [0, 0.05) is 4.86 Å². The predicted molar refractivity (Wildman–Crippen MR) is 97.0 cm³/mol. The first-order chi connectivity index (χ1) is 10.2. The lowest BCUT2D eigenvalue weighted by Crippen LogP contribution is -1.94. The van der Waals surface area contributed by atoms with Crippen molar-refractivity contribution in [2.24, 2.45) is 0 Å². The highest BCUT2D eigenvalue weighted by molar-refractivity contribution is 7.81. The van der Waals surface area contributed by atoms with Crippen LogP contribution >= 0.6 is 12.2 Å². The summed E-state index contributed by atoms with van der Waals surface area (Å²) in [5, 5.41) is 0. The lowest BCUT2D eigenvalue weighted by molar-refractivity contribution is 0.899. The van der Waals surface area contributed by atoms with E-state index >= 15 is 0 Å². The zero-order valence-corrected chi connectivity index (χ0v) is 13.6. The van der Waals surface area contributed by atoms with Gasteiger partial charge in [-0.2, -0.15) is 0 Å². The first kappa shape index (κ1) is 15.7. The second kappa shape index (κ2) is 7.90. The highest BCUT2D eigenvalue weighted by atomic mass is 32.1. The smallest absolute Gasteiger partial charge is 0.0449 e. The van der Waals surface area contributed by atoms with Crippen LogP contribution < -0.4 is 0 Å². The number of hydrogen-bond donors (Lipinski definition) is 0. The van der Waals surface area contributed by atoms with E-state index in [1.54, 1.807) is 0 Å². The summed E-state index contributed by atoms with van der Waals surface area (Å²) < 4.78 is 0. The van der Waals surface area contributed by atoms with Gasteiger partial charge in [0.25, 0.3) is 0 Å². The molecule has 1 heteroatoms. The van der Waals surface area contributed by atoms with Gasteiger partial charge in [-0.3, -0.25) is 0 Å². The van der Waals surface area contributed by atoms with Crippen LogP contribution in [0.1, 0.15) is 42.5 Å². The van der Waals surface area contributed by atoms with Crippen molar-refractivity contribution in [3.8, 4) is 0 Å². The molecule has 0 nitrogen and oxygen atoms in total. The highest BCUT2D eigenvalue weighted by Crippen LogP contribution is 2.16. The minimum Gasteiger partial charge on any atom is -0.0795 e. The minimum atomic E-state index is 0.882. The fourth-order valence-corrected chi connectivity index (χ4v) is 2.67. The van der Waals surface area contributed by atoms with Crippen molar-refractivity contribution in [3.05, 3.63) is 76.9 Å². The third kappa shape index (κ3) is 4.37. The Kier molecular flexibility index (Phi) is 5.89. The van der Waals surface area contributed by atoms with Gasteiger partial charge in [-0.15, -0.1) is 0 Å². The zero-order valence-electron chi connectivity index (χ0n) is 12.8. The molecule has 0 fully saturated rings. The summed E-state index contributed by atoms with van der Waals surface area (Å²) in [7, 11) is 0. The van der Waals surface area contributed by atoms with E-state index in [2.05, 4.69) is 50.3 Å². The second-order valence-corrected chi connectivity index (χ2v) is 5.64. The van der Waals surface area contributed by atoms with E-state index in [-0.39, 0.29) is 0 Å². The number of benzene rings is 2. The van der Waals surface area contributed by atoms with Crippen LogP contribution in [0.2, 0.25) is 0 Å². The predicted octanol–water partition coefficient (Wildman–Crippen LogP) is 5.63. The Bertz CT molecular complexity index is 624. The molecule has 21 heavy (non-hydrogen) atoms. The Morgan fingerprint density at radius 3 is 2.43 bits per heavy atom. The van der Waals surface area contributed by atoms with E-state index in [1.807, 2.05) is 24.3 Å². The van der Waals surface area contributed by atoms with Crippen LogP contribution in [0.3, 0.4) is 0 Å². The Labute approximate surface area is 133 Å². The van der Waals surface area contributed by atoms with Gasteiger partial charge in [-0.05, 0) is 41.2 Å². The lowest BCUT2D eigenvalue weighted by atomic mass is 9.98. The van der Waals surface area contributed by atoms with E-state index in [0.29, 0.717) is 0 Å². The number of thiocarbonyl (C=S) groups is 1. The van der Waals surface area contributed by atoms with Crippen LogP contribution in [-0.4, -0.2) is 4.86 Å². The maximum absolute atomic E-state index is 5.47. The van der Waals surface area contributed by atoms with Crippen molar-refractivity contribution in [2.75, 3.05) is 0 Å². The minimum absolute atomic E-state index is 0.882. The molecule has 0 spiro atoms. The van der Waals surface area contributed by atoms with Gasteiger partial charge in [0.1, 0.15) is 0 Å². The summed E-state index contributed by atoms with van der Waals surface area (Å²) in [5.74, 6) is 0. The van der Waals surface area contributed by atoms with Gasteiger partial charge in [0.2, 0.25) is 0 Å². The third-order valence-corrected chi connectivity index (χ3v) is 3.99. The molecule has 108 valence electrons. The summed E-state index contributed by atoms with van der Waals surface area (Å²) in [5.41, 5.74) is 5.25. The molecule has 0 N–H and O–H groups in total. The summed E-state index contributed by atoms with van der Waals surface area (Å²) in [6, 6.07) is 16.9. The Balaban J connectivity index is 2.17. The first-order valence-corrected chi connectivity index (χ1v) is 8.04. The van der Waals surface area contributed by atoms with Crippen molar-refractivity contribution < 1.29 is 0 Å². The average Bonchev–Trinajstić information content (AvgIpc) is 2.54.